The van der Waals surface area contributed by atoms with Gasteiger partial charge in [0.05, 0.1) is 25.5 Å². The lowest BCUT2D eigenvalue weighted by Crippen LogP contribution is -2.28. The number of carbonyl (C=O) groups excluding carboxylic acids is 2. The van der Waals surface area contributed by atoms with Crippen LogP contribution >= 0.6 is 11.3 Å². The molecule has 30 heavy (non-hydrogen) atoms. The van der Waals surface area contributed by atoms with Crippen molar-refractivity contribution < 1.29 is 23.8 Å². The van der Waals surface area contributed by atoms with Crippen molar-refractivity contribution in [1.82, 2.24) is 4.90 Å². The molecule has 1 N–H and O–H groups in total. The van der Waals surface area contributed by atoms with Crippen LogP contribution in [0.3, 0.4) is 0 Å². The number of aryl methyl sites for hydroxylation is 2. The van der Waals surface area contributed by atoms with Crippen molar-refractivity contribution in [2.75, 3.05) is 7.11 Å². The fourth-order valence-electron chi connectivity index (χ4n) is 3.77. The summed E-state index contributed by atoms with van der Waals surface area (Å²) in [7, 11) is 1.58. The second kappa shape index (κ2) is 7.84. The Morgan fingerprint density at radius 2 is 2.00 bits per heavy atom. The molecule has 3 heterocycles. The van der Waals surface area contributed by atoms with Crippen LogP contribution in [0.25, 0.3) is 5.76 Å². The van der Waals surface area contributed by atoms with Gasteiger partial charge in [-0.1, -0.05) is 6.07 Å². The summed E-state index contributed by atoms with van der Waals surface area (Å²) < 4.78 is 10.7. The van der Waals surface area contributed by atoms with Crippen LogP contribution in [0.5, 0.6) is 5.75 Å². The second-order valence-corrected chi connectivity index (χ2v) is 8.14. The van der Waals surface area contributed by atoms with E-state index in [1.165, 1.54) is 22.5 Å². The van der Waals surface area contributed by atoms with Gasteiger partial charge in [0.2, 0.25) is 0 Å². The topological polar surface area (TPSA) is 80.0 Å². The lowest BCUT2D eigenvalue weighted by Gasteiger charge is -2.23. The van der Waals surface area contributed by atoms with E-state index in [2.05, 4.69) is 0 Å². The number of nitrogens with zero attached hydrogens (tertiary/aromatic N) is 1. The third-order valence-electron chi connectivity index (χ3n) is 5.26. The number of hydrogen-bond donors (Lipinski definition) is 1. The molecule has 1 saturated heterocycles. The van der Waals surface area contributed by atoms with Crippen LogP contribution in [0, 0.1) is 13.8 Å². The number of amides is 1. The zero-order valence-corrected chi connectivity index (χ0v) is 17.7. The number of carbonyl (C=O) groups is 2. The van der Waals surface area contributed by atoms with Crippen molar-refractivity contribution in [3.8, 4) is 5.75 Å². The standard InChI is InChI=1S/C23H21NO5S/c1-13-11-17(28-3)14(2)10-16(13)21(25)19-20(18-7-5-9-30-18)24(23(27)22(19)26)12-15-6-4-8-29-15/h4-11,20,25H,12H2,1-3H3/b21-19-. The molecule has 1 aliphatic rings. The van der Waals surface area contributed by atoms with Gasteiger partial charge in [0.25, 0.3) is 11.7 Å². The van der Waals surface area contributed by atoms with Gasteiger partial charge >= 0.3 is 0 Å². The number of Topliss-reactive ketones (excluding diaryl/α,β-unsaturated/α-hetero) is 1. The number of hydrogen-bond acceptors (Lipinski definition) is 6. The quantitative estimate of drug-likeness (QED) is 0.369. The van der Waals surface area contributed by atoms with E-state index >= 15 is 0 Å². The van der Waals surface area contributed by atoms with Crippen molar-refractivity contribution in [1.29, 1.82) is 0 Å². The highest BCUT2D eigenvalue weighted by atomic mass is 32.1. The highest BCUT2D eigenvalue weighted by molar-refractivity contribution is 7.10. The van der Waals surface area contributed by atoms with E-state index < -0.39 is 17.7 Å². The van der Waals surface area contributed by atoms with Gasteiger partial charge in [-0.3, -0.25) is 9.59 Å². The summed E-state index contributed by atoms with van der Waals surface area (Å²) >= 11 is 1.43. The normalized spacial score (nSPS) is 18.2. The molecule has 0 spiro atoms. The molecule has 154 valence electrons. The van der Waals surface area contributed by atoms with Crippen molar-refractivity contribution >= 4 is 28.8 Å². The molecule has 0 bridgehead atoms. The van der Waals surface area contributed by atoms with E-state index in [0.29, 0.717) is 17.1 Å². The van der Waals surface area contributed by atoms with Gasteiger partial charge in [-0.2, -0.15) is 0 Å². The number of rotatable bonds is 5. The van der Waals surface area contributed by atoms with Gasteiger partial charge in [-0.05, 0) is 60.7 Å². The Kier molecular flexibility index (Phi) is 5.22. The summed E-state index contributed by atoms with van der Waals surface area (Å²) in [6.45, 7) is 3.83. The lowest BCUT2D eigenvalue weighted by molar-refractivity contribution is -0.140. The molecule has 1 unspecified atom stereocenters. The zero-order chi connectivity index (χ0) is 21.4. The Morgan fingerprint density at radius 1 is 1.20 bits per heavy atom. The van der Waals surface area contributed by atoms with Crippen LogP contribution in [-0.2, 0) is 16.1 Å². The molecule has 1 aliphatic heterocycles. The highest BCUT2D eigenvalue weighted by Gasteiger charge is 2.47. The summed E-state index contributed by atoms with van der Waals surface area (Å²) in [4.78, 5) is 28.2. The maximum absolute atomic E-state index is 13.0. The number of aliphatic hydroxyl groups excluding tert-OH is 1. The van der Waals surface area contributed by atoms with Gasteiger partial charge in [0, 0.05) is 10.4 Å². The van der Waals surface area contributed by atoms with Crippen LogP contribution in [0.15, 0.2) is 58.0 Å². The number of likely N-dealkylation sites (tertiary alicyclic amines) is 1. The van der Waals surface area contributed by atoms with Crippen LogP contribution in [0.2, 0.25) is 0 Å². The van der Waals surface area contributed by atoms with Crippen LogP contribution in [0.1, 0.15) is 33.4 Å². The van der Waals surface area contributed by atoms with Crippen molar-refractivity contribution in [2.45, 2.75) is 26.4 Å². The third-order valence-corrected chi connectivity index (χ3v) is 6.18. The summed E-state index contributed by atoms with van der Waals surface area (Å²) in [6, 6.07) is 10.1. The molecule has 3 aromatic rings. The molecule has 4 rings (SSSR count). The molecule has 6 nitrogen and oxygen atoms in total. The molecule has 7 heteroatoms. The molecular formula is C23H21NO5S. The minimum Gasteiger partial charge on any atom is -0.507 e. The number of aliphatic hydroxyl groups is 1. The first-order valence-corrected chi connectivity index (χ1v) is 10.3. The summed E-state index contributed by atoms with van der Waals surface area (Å²) in [5, 5.41) is 13.1. The van der Waals surface area contributed by atoms with Crippen LogP contribution < -0.4 is 4.74 Å². The molecule has 0 radical (unpaired) electrons. The lowest BCUT2D eigenvalue weighted by atomic mass is 9.96. The van der Waals surface area contributed by atoms with Gasteiger partial charge in [-0.25, -0.2) is 0 Å². The van der Waals surface area contributed by atoms with E-state index in [4.69, 9.17) is 9.15 Å². The summed E-state index contributed by atoms with van der Waals surface area (Å²) in [6.07, 6.45) is 1.52. The first kappa shape index (κ1) is 20.0. The average Bonchev–Trinajstić information content (AvgIpc) is 3.48. The Labute approximate surface area is 178 Å². The monoisotopic (exact) mass is 423 g/mol. The molecular weight excluding hydrogens is 402 g/mol. The first-order chi connectivity index (χ1) is 14.4. The van der Waals surface area contributed by atoms with Crippen molar-refractivity contribution in [3.63, 3.8) is 0 Å². The summed E-state index contributed by atoms with van der Waals surface area (Å²) in [5.41, 5.74) is 2.16. The molecule has 1 fully saturated rings. The third kappa shape index (κ3) is 3.31. The fraction of sp³-hybridized carbons (Fsp3) is 0.217. The maximum atomic E-state index is 13.0. The minimum atomic E-state index is -0.703. The van der Waals surface area contributed by atoms with Gasteiger partial charge in [0.15, 0.2) is 0 Å². The molecule has 1 amide bonds. The van der Waals surface area contributed by atoms with E-state index in [1.54, 1.807) is 25.3 Å². The van der Waals surface area contributed by atoms with Gasteiger partial charge in [0.1, 0.15) is 23.3 Å². The number of ketones is 1. The fourth-order valence-corrected chi connectivity index (χ4v) is 4.61. The number of thiophene rings is 1. The molecule has 1 aromatic carbocycles. The largest absolute Gasteiger partial charge is 0.507 e. The first-order valence-electron chi connectivity index (χ1n) is 9.42. The summed E-state index contributed by atoms with van der Waals surface area (Å²) in [5.74, 6) is -0.288. The SMILES string of the molecule is COc1cc(C)c(/C(O)=C2/C(=O)C(=O)N(Cc3ccco3)C2c2cccs2)cc1C. The van der Waals surface area contributed by atoms with Crippen LogP contribution in [-0.4, -0.2) is 28.8 Å². The maximum Gasteiger partial charge on any atom is 0.296 e. The number of ether oxygens (including phenoxy) is 1. The molecule has 0 saturated carbocycles. The number of benzene rings is 1. The minimum absolute atomic E-state index is 0.0849. The van der Waals surface area contributed by atoms with E-state index in [0.717, 1.165) is 16.0 Å². The van der Waals surface area contributed by atoms with E-state index in [1.807, 2.05) is 37.4 Å². The van der Waals surface area contributed by atoms with E-state index in [9.17, 15) is 14.7 Å². The second-order valence-electron chi connectivity index (χ2n) is 7.16. The Bertz CT molecular complexity index is 1130. The Morgan fingerprint density at radius 3 is 2.63 bits per heavy atom. The number of methoxy groups -OCH3 is 1. The van der Waals surface area contributed by atoms with Crippen molar-refractivity contribution in [2.24, 2.45) is 0 Å². The van der Waals surface area contributed by atoms with Crippen LogP contribution in [0.4, 0.5) is 0 Å². The Balaban J connectivity index is 1.87. The predicted octanol–water partition coefficient (Wildman–Crippen LogP) is 4.59. The highest BCUT2D eigenvalue weighted by Crippen LogP contribution is 2.42. The molecule has 1 atom stereocenters. The Hall–Kier alpha value is -3.32. The smallest absolute Gasteiger partial charge is 0.296 e. The van der Waals surface area contributed by atoms with Crippen molar-refractivity contribution in [3.05, 3.63) is 80.9 Å². The predicted molar refractivity (Wildman–Crippen MR) is 113 cm³/mol. The average molecular weight is 423 g/mol. The van der Waals surface area contributed by atoms with Gasteiger partial charge < -0.3 is 19.2 Å². The molecule has 2 aromatic heterocycles. The zero-order valence-electron chi connectivity index (χ0n) is 16.8. The van der Waals surface area contributed by atoms with Gasteiger partial charge in [-0.15, -0.1) is 11.3 Å². The molecule has 0 aliphatic carbocycles. The van der Waals surface area contributed by atoms with E-state index in [-0.39, 0.29) is 17.9 Å². The number of furan rings is 1.